The molecule has 130 valence electrons. The van der Waals surface area contributed by atoms with Crippen molar-refractivity contribution in [3.63, 3.8) is 0 Å². The minimum absolute atomic E-state index is 0.217. The quantitative estimate of drug-likeness (QED) is 0.364. The van der Waals surface area contributed by atoms with Gasteiger partial charge in [-0.15, -0.1) is 5.10 Å². The van der Waals surface area contributed by atoms with E-state index in [0.717, 1.165) is 29.2 Å². The van der Waals surface area contributed by atoms with Crippen LogP contribution in [0.2, 0.25) is 0 Å². The van der Waals surface area contributed by atoms with Crippen molar-refractivity contribution in [1.29, 1.82) is 0 Å². The maximum absolute atomic E-state index is 11.7. The molecule has 2 fully saturated rings. The zero-order valence-electron chi connectivity index (χ0n) is 13.6. The molecule has 1 amide bonds. The van der Waals surface area contributed by atoms with Crippen LogP contribution in [-0.4, -0.2) is 37.0 Å². The fraction of sp³-hybridized carbons (Fsp3) is 0.294. The lowest BCUT2D eigenvalue weighted by molar-refractivity contribution is -0.135. The van der Waals surface area contributed by atoms with Crippen LogP contribution in [-0.2, 0) is 14.3 Å². The largest absolute Gasteiger partial charge is 0.493 e. The number of methoxy groups -OCH3 is 1. The lowest BCUT2D eigenvalue weighted by Gasteiger charge is -2.07. The van der Waals surface area contributed by atoms with Gasteiger partial charge in [-0.3, -0.25) is 10.1 Å². The van der Waals surface area contributed by atoms with Gasteiger partial charge in [-0.1, -0.05) is 12.1 Å². The van der Waals surface area contributed by atoms with Crippen LogP contribution in [0.4, 0.5) is 0 Å². The number of esters is 1. The van der Waals surface area contributed by atoms with Crippen LogP contribution in [0.1, 0.15) is 18.4 Å². The van der Waals surface area contributed by atoms with Gasteiger partial charge in [0.15, 0.2) is 5.17 Å². The van der Waals surface area contributed by atoms with Gasteiger partial charge < -0.3 is 9.47 Å². The van der Waals surface area contributed by atoms with E-state index >= 15 is 0 Å². The Kier molecular flexibility index (Phi) is 5.49. The van der Waals surface area contributed by atoms with Crippen LogP contribution < -0.4 is 10.1 Å². The summed E-state index contributed by atoms with van der Waals surface area (Å²) in [7, 11) is 1.25. The summed E-state index contributed by atoms with van der Waals surface area (Å²) < 4.78 is 10.3. The van der Waals surface area contributed by atoms with Crippen molar-refractivity contribution < 1.29 is 19.1 Å². The van der Waals surface area contributed by atoms with Gasteiger partial charge in [0.05, 0.1) is 24.8 Å². The summed E-state index contributed by atoms with van der Waals surface area (Å²) in [6, 6.07) is 7.57. The molecular weight excluding hydrogens is 342 g/mol. The Morgan fingerprint density at radius 3 is 2.96 bits per heavy atom. The molecule has 3 rings (SSSR count). The molecule has 1 aromatic carbocycles. The molecule has 1 saturated carbocycles. The van der Waals surface area contributed by atoms with E-state index in [9.17, 15) is 9.59 Å². The maximum atomic E-state index is 11.7. The average molecular weight is 359 g/mol. The van der Waals surface area contributed by atoms with E-state index < -0.39 is 11.9 Å². The minimum Gasteiger partial charge on any atom is -0.493 e. The molecule has 1 aliphatic carbocycles. The molecule has 2 aliphatic rings. The fourth-order valence-electron chi connectivity index (χ4n) is 2.00. The first-order valence-corrected chi connectivity index (χ1v) is 8.59. The fourth-order valence-corrected chi connectivity index (χ4v) is 2.73. The van der Waals surface area contributed by atoms with Crippen LogP contribution in [0, 0.1) is 5.92 Å². The molecule has 0 bridgehead atoms. The number of amides is 1. The smallest absolute Gasteiger partial charge is 0.331 e. The number of thioether (sulfide) groups is 1. The van der Waals surface area contributed by atoms with Gasteiger partial charge in [-0.2, -0.15) is 5.10 Å². The summed E-state index contributed by atoms with van der Waals surface area (Å²) in [4.78, 5) is 23.1. The number of para-hydroxylation sites is 1. The summed E-state index contributed by atoms with van der Waals surface area (Å²) in [6.45, 7) is 0.715. The Bertz CT molecular complexity index is 769. The van der Waals surface area contributed by atoms with Crippen molar-refractivity contribution in [2.24, 2.45) is 16.1 Å². The highest BCUT2D eigenvalue weighted by atomic mass is 32.2. The van der Waals surface area contributed by atoms with Gasteiger partial charge in [0, 0.05) is 11.6 Å². The van der Waals surface area contributed by atoms with Crippen molar-refractivity contribution in [3.8, 4) is 5.75 Å². The minimum atomic E-state index is -0.593. The normalized spacial score (nSPS) is 20.3. The van der Waals surface area contributed by atoms with Crippen molar-refractivity contribution in [1.82, 2.24) is 5.32 Å². The zero-order valence-corrected chi connectivity index (χ0v) is 14.4. The number of nitrogens with one attached hydrogen (secondary N) is 1. The summed E-state index contributed by atoms with van der Waals surface area (Å²) >= 11 is 1.03. The highest BCUT2D eigenvalue weighted by Crippen LogP contribution is 2.30. The predicted molar refractivity (Wildman–Crippen MR) is 95.5 cm³/mol. The topological polar surface area (TPSA) is 89.3 Å². The Labute approximate surface area is 149 Å². The van der Waals surface area contributed by atoms with Crippen LogP contribution in [0.5, 0.6) is 5.75 Å². The zero-order chi connectivity index (χ0) is 17.6. The molecule has 0 unspecified atom stereocenters. The van der Waals surface area contributed by atoms with E-state index in [1.54, 1.807) is 6.21 Å². The predicted octanol–water partition coefficient (Wildman–Crippen LogP) is 2.09. The number of hydrogen-bond donors (Lipinski definition) is 1. The lowest BCUT2D eigenvalue weighted by atomic mass is 10.2. The molecule has 0 atom stereocenters. The Morgan fingerprint density at radius 2 is 2.20 bits per heavy atom. The highest BCUT2D eigenvalue weighted by molar-refractivity contribution is 8.18. The van der Waals surface area contributed by atoms with Crippen molar-refractivity contribution in [3.05, 3.63) is 40.8 Å². The molecule has 1 aliphatic heterocycles. The van der Waals surface area contributed by atoms with Crippen molar-refractivity contribution >= 4 is 35.0 Å². The van der Waals surface area contributed by atoms with Gasteiger partial charge in [0.1, 0.15) is 5.75 Å². The molecule has 1 aromatic rings. The molecule has 0 radical (unpaired) electrons. The van der Waals surface area contributed by atoms with Crippen LogP contribution in [0.3, 0.4) is 0 Å². The lowest BCUT2D eigenvalue weighted by Crippen LogP contribution is -2.19. The summed E-state index contributed by atoms with van der Waals surface area (Å²) in [5, 5.41) is 10.8. The number of rotatable bonds is 6. The molecule has 25 heavy (non-hydrogen) atoms. The van der Waals surface area contributed by atoms with Gasteiger partial charge in [-0.25, -0.2) is 4.79 Å². The van der Waals surface area contributed by atoms with E-state index in [1.807, 2.05) is 24.3 Å². The molecular formula is C17H17N3O4S. The molecule has 8 heteroatoms. The van der Waals surface area contributed by atoms with E-state index in [-0.39, 0.29) is 4.91 Å². The second kappa shape index (κ2) is 7.98. The van der Waals surface area contributed by atoms with E-state index in [1.165, 1.54) is 20.0 Å². The first-order valence-electron chi connectivity index (χ1n) is 7.77. The first kappa shape index (κ1) is 17.2. The Hall–Kier alpha value is -2.61. The van der Waals surface area contributed by atoms with Crippen molar-refractivity contribution in [2.75, 3.05) is 13.7 Å². The number of benzene rings is 1. The third-order valence-corrected chi connectivity index (χ3v) is 4.44. The second-order valence-electron chi connectivity index (χ2n) is 5.53. The van der Waals surface area contributed by atoms with E-state index in [4.69, 9.17) is 4.74 Å². The van der Waals surface area contributed by atoms with Gasteiger partial charge in [-0.05, 0) is 42.7 Å². The first-order chi connectivity index (χ1) is 12.2. The molecule has 0 aromatic heterocycles. The monoisotopic (exact) mass is 359 g/mol. The maximum Gasteiger partial charge on any atom is 0.331 e. The second-order valence-corrected chi connectivity index (χ2v) is 6.56. The third-order valence-electron chi connectivity index (χ3n) is 3.54. The molecule has 1 saturated heterocycles. The summed E-state index contributed by atoms with van der Waals surface area (Å²) in [6.07, 6.45) is 5.14. The Balaban J connectivity index is 1.64. The summed E-state index contributed by atoms with van der Waals surface area (Å²) in [5.74, 6) is 0.421. The average Bonchev–Trinajstić information content (AvgIpc) is 3.38. The van der Waals surface area contributed by atoms with Crippen molar-refractivity contribution in [2.45, 2.75) is 12.8 Å². The van der Waals surface area contributed by atoms with Gasteiger partial charge in [0.2, 0.25) is 0 Å². The molecule has 1 N–H and O–H groups in total. The number of nitrogens with zero attached hydrogens (tertiary/aromatic N) is 2. The molecule has 7 nitrogen and oxygen atoms in total. The van der Waals surface area contributed by atoms with Crippen LogP contribution in [0.25, 0.3) is 0 Å². The number of hydrogen-bond acceptors (Lipinski definition) is 7. The SMILES string of the molecule is COC(=O)/C=C1/S/C(=N\N=Cc2ccccc2OCC2CC2)NC1=O. The van der Waals surface area contributed by atoms with E-state index in [2.05, 4.69) is 20.3 Å². The highest BCUT2D eigenvalue weighted by Gasteiger charge is 2.25. The van der Waals surface area contributed by atoms with Gasteiger partial charge in [0.25, 0.3) is 5.91 Å². The number of carbonyl (C=O) groups excluding carboxylic acids is 2. The Morgan fingerprint density at radius 1 is 1.40 bits per heavy atom. The molecule has 1 heterocycles. The third kappa shape index (κ3) is 4.93. The standard InChI is InChI=1S/C17H17N3O4S/c1-23-15(21)8-14-16(22)19-17(25-14)20-18-9-12-4-2-3-5-13(12)24-10-11-6-7-11/h2-5,8-9,11H,6-7,10H2,1H3,(H,19,20,22)/b14-8+,18-9?. The van der Waals surface area contributed by atoms with Crippen LogP contribution >= 0.6 is 11.8 Å². The van der Waals surface area contributed by atoms with Crippen LogP contribution in [0.15, 0.2) is 45.4 Å². The number of carbonyl (C=O) groups is 2. The molecule has 0 spiro atoms. The summed E-state index contributed by atoms with van der Waals surface area (Å²) in [5.41, 5.74) is 0.812. The number of amidine groups is 1. The van der Waals surface area contributed by atoms with Gasteiger partial charge >= 0.3 is 5.97 Å². The van der Waals surface area contributed by atoms with E-state index in [0.29, 0.717) is 17.7 Å². The number of ether oxygens (including phenoxy) is 2.